The van der Waals surface area contributed by atoms with Crippen LogP contribution in [0.2, 0.25) is 0 Å². The maximum atomic E-state index is 12.9. The second kappa shape index (κ2) is 5.41. The van der Waals surface area contributed by atoms with E-state index in [-0.39, 0.29) is 5.69 Å². The third-order valence-electron chi connectivity index (χ3n) is 2.03. The zero-order chi connectivity index (χ0) is 13.1. The lowest BCUT2D eigenvalue weighted by atomic mass is 10.3. The maximum absolute atomic E-state index is 12.9. The summed E-state index contributed by atoms with van der Waals surface area (Å²) < 4.78 is 38.4. The van der Waals surface area contributed by atoms with Crippen LogP contribution in [0, 0.1) is 5.82 Å². The highest BCUT2D eigenvalue weighted by Crippen LogP contribution is 2.19. The number of aliphatic hydroxyl groups is 2. The van der Waals surface area contributed by atoms with Crippen molar-refractivity contribution >= 4 is 15.7 Å². The summed E-state index contributed by atoms with van der Waals surface area (Å²) in [5.74, 6) is -0.746. The van der Waals surface area contributed by atoms with Gasteiger partial charge in [0, 0.05) is 0 Å². The first kappa shape index (κ1) is 13.8. The zero-order valence-electron chi connectivity index (χ0n) is 8.80. The monoisotopic (exact) mass is 264 g/mol. The molecule has 0 fully saturated rings. The van der Waals surface area contributed by atoms with Gasteiger partial charge in [-0.1, -0.05) is 0 Å². The van der Waals surface area contributed by atoms with Gasteiger partial charge in [-0.25, -0.2) is 17.5 Å². The summed E-state index contributed by atoms with van der Waals surface area (Å²) in [5.41, 5.74) is 5.31. The number of nitrogens with one attached hydrogen (secondary N) is 1. The molecule has 0 aromatic heterocycles. The maximum Gasteiger partial charge on any atom is 0.243 e. The number of aliphatic hydroxyl groups excluding tert-OH is 2. The van der Waals surface area contributed by atoms with Gasteiger partial charge in [0.05, 0.1) is 24.9 Å². The summed E-state index contributed by atoms with van der Waals surface area (Å²) >= 11 is 0. The van der Waals surface area contributed by atoms with Crippen LogP contribution in [-0.4, -0.2) is 37.9 Å². The van der Waals surface area contributed by atoms with Crippen molar-refractivity contribution < 1.29 is 23.0 Å². The van der Waals surface area contributed by atoms with Crippen molar-refractivity contribution in [2.24, 2.45) is 0 Å². The highest BCUT2D eigenvalue weighted by atomic mass is 32.2. The molecule has 0 bridgehead atoms. The molecule has 6 nitrogen and oxygen atoms in total. The van der Waals surface area contributed by atoms with E-state index in [9.17, 15) is 12.8 Å². The van der Waals surface area contributed by atoms with Crippen LogP contribution in [0.5, 0.6) is 0 Å². The Labute approximate surface area is 97.9 Å². The van der Waals surface area contributed by atoms with Crippen LogP contribution in [0.3, 0.4) is 0 Å². The van der Waals surface area contributed by atoms with Gasteiger partial charge >= 0.3 is 0 Å². The van der Waals surface area contributed by atoms with Gasteiger partial charge in [0.2, 0.25) is 10.0 Å². The highest BCUT2D eigenvalue weighted by Gasteiger charge is 2.21. The average Bonchev–Trinajstić information content (AvgIpc) is 2.29. The number of nitrogen functional groups attached to an aromatic ring is 1. The molecule has 0 aliphatic heterocycles. The Morgan fingerprint density at radius 2 is 1.94 bits per heavy atom. The lowest BCUT2D eigenvalue weighted by Gasteiger charge is -2.14. The van der Waals surface area contributed by atoms with Crippen molar-refractivity contribution in [3.8, 4) is 0 Å². The minimum Gasteiger partial charge on any atom is -0.398 e. The lowest BCUT2D eigenvalue weighted by molar-refractivity contribution is 0.185. The molecule has 8 heteroatoms. The lowest BCUT2D eigenvalue weighted by Crippen LogP contribution is -2.40. The molecule has 1 rings (SSSR count). The van der Waals surface area contributed by atoms with Gasteiger partial charge in [0.15, 0.2) is 0 Å². The van der Waals surface area contributed by atoms with Gasteiger partial charge in [-0.15, -0.1) is 0 Å². The Kier molecular flexibility index (Phi) is 4.40. The van der Waals surface area contributed by atoms with Crippen LogP contribution >= 0.6 is 0 Å². The molecule has 96 valence electrons. The molecule has 0 saturated heterocycles. The summed E-state index contributed by atoms with van der Waals surface area (Å²) in [4.78, 5) is -0.426. The number of hydrogen-bond acceptors (Lipinski definition) is 5. The van der Waals surface area contributed by atoms with Crippen LogP contribution in [0.4, 0.5) is 10.1 Å². The van der Waals surface area contributed by atoms with E-state index in [1.807, 2.05) is 4.72 Å². The third-order valence-corrected chi connectivity index (χ3v) is 3.60. The zero-order valence-corrected chi connectivity index (χ0v) is 9.61. The molecule has 0 aliphatic rings. The first-order valence-electron chi connectivity index (χ1n) is 4.69. The van der Waals surface area contributed by atoms with E-state index in [0.717, 1.165) is 18.2 Å². The largest absolute Gasteiger partial charge is 0.398 e. The van der Waals surface area contributed by atoms with Gasteiger partial charge in [0.25, 0.3) is 0 Å². The molecule has 0 heterocycles. The Balaban J connectivity index is 3.09. The topological polar surface area (TPSA) is 113 Å². The molecule has 1 aromatic carbocycles. The van der Waals surface area contributed by atoms with Crippen molar-refractivity contribution in [3.05, 3.63) is 24.0 Å². The van der Waals surface area contributed by atoms with E-state index >= 15 is 0 Å². The highest BCUT2D eigenvalue weighted by molar-refractivity contribution is 7.89. The standard InChI is InChI=1S/C9H13FN2O4S/c10-6-1-2-8(11)9(3-6)17(15,16)12-7(4-13)5-14/h1-3,7,12-14H,4-5,11H2. The van der Waals surface area contributed by atoms with Crippen LogP contribution in [0.25, 0.3) is 0 Å². The normalized spacial score (nSPS) is 12.0. The van der Waals surface area contributed by atoms with Gasteiger partial charge in [-0.3, -0.25) is 0 Å². The molecule has 0 amide bonds. The first-order chi connectivity index (χ1) is 7.90. The van der Waals surface area contributed by atoms with Crippen LogP contribution in [-0.2, 0) is 10.0 Å². The molecule has 0 unspecified atom stereocenters. The summed E-state index contributed by atoms with van der Waals surface area (Å²) in [6, 6.07) is 1.87. The van der Waals surface area contributed by atoms with Gasteiger partial charge in [0.1, 0.15) is 10.7 Å². The molecule has 17 heavy (non-hydrogen) atoms. The quantitative estimate of drug-likeness (QED) is 0.512. The van der Waals surface area contributed by atoms with Crippen molar-refractivity contribution in [2.75, 3.05) is 18.9 Å². The van der Waals surface area contributed by atoms with Crippen LogP contribution in [0.15, 0.2) is 23.1 Å². The molecule has 0 atom stereocenters. The number of halogens is 1. The summed E-state index contributed by atoms with van der Waals surface area (Å²) in [5, 5.41) is 17.5. The minimum absolute atomic E-state index is 0.117. The van der Waals surface area contributed by atoms with Gasteiger partial charge in [-0.2, -0.15) is 0 Å². The van der Waals surface area contributed by atoms with E-state index in [0.29, 0.717) is 0 Å². The second-order valence-corrected chi connectivity index (χ2v) is 5.05. The van der Waals surface area contributed by atoms with E-state index in [4.69, 9.17) is 15.9 Å². The molecule has 0 saturated carbocycles. The predicted molar refractivity (Wildman–Crippen MR) is 59.1 cm³/mol. The molecule has 0 aliphatic carbocycles. The van der Waals surface area contributed by atoms with Crippen molar-refractivity contribution in [3.63, 3.8) is 0 Å². The molecular formula is C9H13FN2O4S. The summed E-state index contributed by atoms with van der Waals surface area (Å²) in [6.45, 7) is -1.16. The van der Waals surface area contributed by atoms with Crippen molar-refractivity contribution in [2.45, 2.75) is 10.9 Å². The third kappa shape index (κ3) is 3.37. The number of hydrogen-bond donors (Lipinski definition) is 4. The smallest absolute Gasteiger partial charge is 0.243 e. The van der Waals surface area contributed by atoms with Gasteiger partial charge in [-0.05, 0) is 18.2 Å². The fourth-order valence-electron chi connectivity index (χ4n) is 1.16. The predicted octanol–water partition coefficient (Wildman–Crippen LogP) is -0.961. The second-order valence-electron chi connectivity index (χ2n) is 3.37. The molecular weight excluding hydrogens is 251 g/mol. The number of sulfonamides is 1. The summed E-state index contributed by atoms with van der Waals surface area (Å²) in [7, 11) is -4.07. The molecule has 1 aromatic rings. The first-order valence-corrected chi connectivity index (χ1v) is 6.18. The average molecular weight is 264 g/mol. The van der Waals surface area contributed by atoms with Gasteiger partial charge < -0.3 is 15.9 Å². The Morgan fingerprint density at radius 3 is 2.47 bits per heavy atom. The Bertz CT molecular complexity index is 488. The molecule has 5 N–H and O–H groups in total. The van der Waals surface area contributed by atoms with Crippen molar-refractivity contribution in [1.82, 2.24) is 4.72 Å². The molecule has 0 radical (unpaired) electrons. The number of benzene rings is 1. The van der Waals surface area contributed by atoms with Crippen molar-refractivity contribution in [1.29, 1.82) is 0 Å². The van der Waals surface area contributed by atoms with E-state index in [1.54, 1.807) is 0 Å². The van der Waals surface area contributed by atoms with Crippen LogP contribution in [0.1, 0.15) is 0 Å². The minimum atomic E-state index is -4.07. The van der Waals surface area contributed by atoms with Crippen LogP contribution < -0.4 is 10.5 Å². The van der Waals surface area contributed by atoms with E-state index < -0.39 is 40.0 Å². The fraction of sp³-hybridized carbons (Fsp3) is 0.333. The van der Waals surface area contributed by atoms with E-state index in [1.165, 1.54) is 0 Å². The number of anilines is 1. The Hall–Kier alpha value is -1.22. The van der Waals surface area contributed by atoms with E-state index in [2.05, 4.69) is 0 Å². The number of nitrogens with two attached hydrogens (primary N) is 1. The Morgan fingerprint density at radius 1 is 1.35 bits per heavy atom. The summed E-state index contributed by atoms with van der Waals surface area (Å²) in [6.07, 6.45) is 0. The fourth-order valence-corrected chi connectivity index (χ4v) is 2.52. The molecule has 0 spiro atoms. The SMILES string of the molecule is Nc1ccc(F)cc1S(=O)(=O)NC(CO)CO. The number of rotatable bonds is 5.